The second-order valence-corrected chi connectivity index (χ2v) is 5.07. The fraction of sp³-hybridized carbons (Fsp3) is 0.294. The Labute approximate surface area is 125 Å². The number of unbranched alkanes of at least 4 members (excludes halogenated alkanes) is 2. The quantitative estimate of drug-likeness (QED) is 0.618. The highest BCUT2D eigenvalue weighted by molar-refractivity contribution is 6.17. The molecule has 0 unspecified atom stereocenters. The summed E-state index contributed by atoms with van der Waals surface area (Å²) in [5.74, 6) is -0.397. The Hall–Kier alpha value is -1.81. The fourth-order valence-corrected chi connectivity index (χ4v) is 2.31. The largest absolute Gasteiger partial charge is 0.537 e. The van der Waals surface area contributed by atoms with Crippen LogP contribution >= 0.6 is 0 Å². The van der Waals surface area contributed by atoms with Gasteiger partial charge in [0.2, 0.25) is 0 Å². The van der Waals surface area contributed by atoms with Crippen LogP contribution in [0.5, 0.6) is 5.75 Å². The van der Waals surface area contributed by atoms with Crippen molar-refractivity contribution >= 4 is 7.69 Å². The normalized spacial score (nSPS) is 10.4. The van der Waals surface area contributed by atoms with Gasteiger partial charge in [0.25, 0.3) is 0 Å². The van der Waals surface area contributed by atoms with Crippen LogP contribution in [0.3, 0.4) is 0 Å². The molecular weight excluding hydrogens is 266 g/mol. The maximum Gasteiger partial charge on any atom is 0.504 e. The number of benzene rings is 2. The minimum Gasteiger partial charge on any atom is -0.537 e. The van der Waals surface area contributed by atoms with Crippen LogP contribution in [0, 0.1) is 5.82 Å². The van der Waals surface area contributed by atoms with Crippen LogP contribution < -0.4 is 4.65 Å². The Balaban J connectivity index is 2.09. The Bertz CT molecular complexity index is 570. The summed E-state index contributed by atoms with van der Waals surface area (Å²) in [6.45, 7) is 2.20. The summed E-state index contributed by atoms with van der Waals surface area (Å²) >= 11 is 0. The van der Waals surface area contributed by atoms with Crippen molar-refractivity contribution < 1.29 is 14.1 Å². The Morgan fingerprint density at radius 2 is 1.76 bits per heavy atom. The molecular formula is C17H20BFO2. The second-order valence-electron chi connectivity index (χ2n) is 5.07. The van der Waals surface area contributed by atoms with E-state index in [4.69, 9.17) is 9.68 Å². The average molecular weight is 286 g/mol. The molecule has 0 fully saturated rings. The SMILES string of the molecule is CCCCCc1ccc(-c2ccc(OBO)c(F)c2)cc1. The van der Waals surface area contributed by atoms with E-state index in [1.807, 2.05) is 12.1 Å². The van der Waals surface area contributed by atoms with Crippen molar-refractivity contribution in [1.29, 1.82) is 0 Å². The molecule has 2 nitrogen and oxygen atoms in total. The van der Waals surface area contributed by atoms with Crippen molar-refractivity contribution in [3.63, 3.8) is 0 Å². The molecule has 0 aliphatic carbocycles. The van der Waals surface area contributed by atoms with Crippen LogP contribution in [0.1, 0.15) is 31.7 Å². The van der Waals surface area contributed by atoms with E-state index >= 15 is 0 Å². The first kappa shape index (κ1) is 15.6. The van der Waals surface area contributed by atoms with Crippen LogP contribution in [0.25, 0.3) is 11.1 Å². The minimum atomic E-state index is -0.525. The van der Waals surface area contributed by atoms with Crippen molar-refractivity contribution in [1.82, 2.24) is 0 Å². The molecule has 0 bridgehead atoms. The van der Waals surface area contributed by atoms with Gasteiger partial charge in [-0.1, -0.05) is 50.1 Å². The van der Waals surface area contributed by atoms with Crippen molar-refractivity contribution in [3.8, 4) is 16.9 Å². The Morgan fingerprint density at radius 3 is 2.38 bits per heavy atom. The lowest BCUT2D eigenvalue weighted by atomic mass is 10.0. The lowest BCUT2D eigenvalue weighted by Gasteiger charge is -2.08. The predicted molar refractivity (Wildman–Crippen MR) is 85.1 cm³/mol. The highest BCUT2D eigenvalue weighted by Crippen LogP contribution is 2.26. The third kappa shape index (κ3) is 4.33. The molecule has 0 saturated carbocycles. The second kappa shape index (κ2) is 7.84. The number of hydrogen-bond donors (Lipinski definition) is 1. The van der Waals surface area contributed by atoms with Crippen molar-refractivity contribution in [3.05, 3.63) is 53.8 Å². The molecule has 2 aromatic carbocycles. The summed E-state index contributed by atoms with van der Waals surface area (Å²) < 4.78 is 18.6. The fourth-order valence-electron chi connectivity index (χ4n) is 2.31. The Kier molecular flexibility index (Phi) is 5.82. The number of halogens is 1. The zero-order valence-electron chi connectivity index (χ0n) is 12.3. The zero-order valence-corrected chi connectivity index (χ0v) is 12.3. The molecule has 0 saturated heterocycles. The van der Waals surface area contributed by atoms with Gasteiger partial charge in [0, 0.05) is 0 Å². The van der Waals surface area contributed by atoms with Crippen LogP contribution in [-0.4, -0.2) is 12.7 Å². The van der Waals surface area contributed by atoms with Gasteiger partial charge in [-0.15, -0.1) is 0 Å². The minimum absolute atomic E-state index is 0.0671. The molecule has 1 N–H and O–H groups in total. The first-order valence-corrected chi connectivity index (χ1v) is 7.37. The van der Waals surface area contributed by atoms with Gasteiger partial charge >= 0.3 is 7.69 Å². The number of aryl methyl sites for hydroxylation is 1. The third-order valence-corrected chi connectivity index (χ3v) is 3.51. The van der Waals surface area contributed by atoms with Crippen LogP contribution in [0.15, 0.2) is 42.5 Å². The molecule has 0 heterocycles. The number of rotatable bonds is 7. The van der Waals surface area contributed by atoms with E-state index < -0.39 is 13.5 Å². The van der Waals surface area contributed by atoms with Gasteiger partial charge in [0.05, 0.1) is 0 Å². The van der Waals surface area contributed by atoms with E-state index in [1.165, 1.54) is 37.0 Å². The Morgan fingerprint density at radius 1 is 1.05 bits per heavy atom. The van der Waals surface area contributed by atoms with E-state index in [-0.39, 0.29) is 5.75 Å². The third-order valence-electron chi connectivity index (χ3n) is 3.51. The van der Waals surface area contributed by atoms with Gasteiger partial charge < -0.3 is 9.68 Å². The molecule has 0 radical (unpaired) electrons. The number of hydrogen-bond acceptors (Lipinski definition) is 2. The molecule has 2 rings (SSSR count). The monoisotopic (exact) mass is 286 g/mol. The van der Waals surface area contributed by atoms with E-state index in [2.05, 4.69) is 19.1 Å². The van der Waals surface area contributed by atoms with Gasteiger partial charge in [-0.25, -0.2) is 4.39 Å². The summed E-state index contributed by atoms with van der Waals surface area (Å²) in [5.41, 5.74) is 3.09. The predicted octanol–water partition coefficient (Wildman–Crippen LogP) is 3.86. The van der Waals surface area contributed by atoms with Crippen LogP contribution in [-0.2, 0) is 6.42 Å². The van der Waals surface area contributed by atoms with Crippen molar-refractivity contribution in [2.24, 2.45) is 0 Å². The van der Waals surface area contributed by atoms with Crippen LogP contribution in [0.2, 0.25) is 0 Å². The smallest absolute Gasteiger partial charge is 0.504 e. The first-order chi connectivity index (χ1) is 10.2. The maximum absolute atomic E-state index is 13.8. The zero-order chi connectivity index (χ0) is 15.1. The van der Waals surface area contributed by atoms with Gasteiger partial charge in [-0.2, -0.15) is 0 Å². The van der Waals surface area contributed by atoms with Gasteiger partial charge in [-0.3, -0.25) is 0 Å². The lowest BCUT2D eigenvalue weighted by Crippen LogP contribution is -2.01. The van der Waals surface area contributed by atoms with E-state index in [0.717, 1.165) is 17.5 Å². The summed E-state index contributed by atoms with van der Waals surface area (Å²) in [7, 11) is -0.525. The molecule has 0 atom stereocenters. The molecule has 0 spiro atoms. The molecule has 0 aromatic heterocycles. The standard InChI is InChI=1S/C17H20BFO2/c1-2-3-4-5-13-6-8-14(9-7-13)15-10-11-17(21-18-20)16(19)12-15/h6-12,18,20H,2-5H2,1H3. The summed E-state index contributed by atoms with van der Waals surface area (Å²) in [6, 6.07) is 13.0. The first-order valence-electron chi connectivity index (χ1n) is 7.37. The highest BCUT2D eigenvalue weighted by Gasteiger charge is 2.06. The lowest BCUT2D eigenvalue weighted by molar-refractivity contribution is 0.432. The molecule has 4 heteroatoms. The average Bonchev–Trinajstić information content (AvgIpc) is 2.50. The van der Waals surface area contributed by atoms with Gasteiger partial charge in [0.15, 0.2) is 5.82 Å². The van der Waals surface area contributed by atoms with Gasteiger partial charge in [0.1, 0.15) is 5.75 Å². The molecule has 2 aromatic rings. The van der Waals surface area contributed by atoms with E-state index in [9.17, 15) is 4.39 Å². The van der Waals surface area contributed by atoms with Crippen LogP contribution in [0.4, 0.5) is 4.39 Å². The van der Waals surface area contributed by atoms with Crippen molar-refractivity contribution in [2.75, 3.05) is 0 Å². The molecule has 21 heavy (non-hydrogen) atoms. The molecule has 0 aliphatic rings. The summed E-state index contributed by atoms with van der Waals surface area (Å²) in [5, 5.41) is 8.66. The molecule has 110 valence electrons. The maximum atomic E-state index is 13.8. The summed E-state index contributed by atoms with van der Waals surface area (Å²) in [6.07, 6.45) is 4.77. The van der Waals surface area contributed by atoms with Gasteiger partial charge in [-0.05, 0) is 41.7 Å². The molecule has 0 aliphatic heterocycles. The highest BCUT2D eigenvalue weighted by atomic mass is 19.1. The van der Waals surface area contributed by atoms with E-state index in [0.29, 0.717) is 0 Å². The van der Waals surface area contributed by atoms with Crippen molar-refractivity contribution in [2.45, 2.75) is 32.6 Å². The van der Waals surface area contributed by atoms with E-state index in [1.54, 1.807) is 6.07 Å². The molecule has 0 amide bonds. The topological polar surface area (TPSA) is 29.5 Å². The summed E-state index contributed by atoms with van der Waals surface area (Å²) in [4.78, 5) is 0.